The molecule has 0 aliphatic heterocycles. The third-order valence-electron chi connectivity index (χ3n) is 1.65. The maximum atomic E-state index is 11.1. The van der Waals surface area contributed by atoms with E-state index in [2.05, 4.69) is 15.9 Å². The van der Waals surface area contributed by atoms with E-state index >= 15 is 0 Å². The molecule has 14 heavy (non-hydrogen) atoms. The zero-order valence-electron chi connectivity index (χ0n) is 7.92. The minimum absolute atomic E-state index is 0.228. The van der Waals surface area contributed by atoms with Crippen LogP contribution in [-0.4, -0.2) is 5.97 Å². The monoisotopic (exact) mass is 257 g/mol. The zero-order valence-corrected chi connectivity index (χ0v) is 9.50. The molecule has 0 aliphatic rings. The quantitative estimate of drug-likeness (QED) is 0.515. The Balaban J connectivity index is 2.68. The molecule has 2 N–H and O–H groups in total. The number of nitrogens with two attached hydrogens (primary N) is 1. The van der Waals surface area contributed by atoms with Crippen molar-refractivity contribution < 1.29 is 9.53 Å². The Bertz CT molecular complexity index is 339. The van der Waals surface area contributed by atoms with Crippen molar-refractivity contribution >= 4 is 27.6 Å². The summed E-state index contributed by atoms with van der Waals surface area (Å²) in [6.45, 7) is 1.93. The van der Waals surface area contributed by atoms with Gasteiger partial charge in [0.25, 0.3) is 0 Å². The number of carbonyl (C=O) groups excluding carboxylic acids is 1. The van der Waals surface area contributed by atoms with E-state index in [1.54, 1.807) is 18.2 Å². The average Bonchev–Trinajstić information content (AvgIpc) is 2.12. The number of rotatable bonds is 3. The van der Waals surface area contributed by atoms with Crippen LogP contribution in [0, 0.1) is 0 Å². The summed E-state index contributed by atoms with van der Waals surface area (Å²) in [6, 6.07) is 5.08. The smallest absolute Gasteiger partial charge is 0.311 e. The highest BCUT2D eigenvalue weighted by Gasteiger charge is 2.04. The van der Waals surface area contributed by atoms with Crippen molar-refractivity contribution in [1.29, 1.82) is 0 Å². The summed E-state index contributed by atoms with van der Waals surface area (Å²) in [4.78, 5) is 11.1. The standard InChI is InChI=1S/C10H12BrNO2/c1-2-3-10(13)14-7-4-5-8(11)9(12)6-7/h4-6H,2-3,12H2,1H3. The van der Waals surface area contributed by atoms with E-state index in [1.807, 2.05) is 6.92 Å². The number of ether oxygens (including phenoxy) is 1. The number of halogens is 1. The summed E-state index contributed by atoms with van der Waals surface area (Å²) in [5.74, 6) is 0.262. The van der Waals surface area contributed by atoms with Crippen LogP contribution in [0.4, 0.5) is 5.69 Å². The lowest BCUT2D eigenvalue weighted by Gasteiger charge is -2.04. The van der Waals surface area contributed by atoms with E-state index in [9.17, 15) is 4.79 Å². The Labute approximate surface area is 91.4 Å². The van der Waals surface area contributed by atoms with E-state index in [0.29, 0.717) is 17.9 Å². The average molecular weight is 258 g/mol. The van der Waals surface area contributed by atoms with Crippen molar-refractivity contribution in [2.75, 3.05) is 5.73 Å². The predicted molar refractivity (Wildman–Crippen MR) is 59.1 cm³/mol. The Morgan fingerprint density at radius 2 is 2.29 bits per heavy atom. The van der Waals surface area contributed by atoms with Crippen molar-refractivity contribution in [3.63, 3.8) is 0 Å². The highest BCUT2D eigenvalue weighted by molar-refractivity contribution is 9.10. The van der Waals surface area contributed by atoms with Crippen LogP contribution in [0.15, 0.2) is 22.7 Å². The zero-order chi connectivity index (χ0) is 10.6. The molecule has 0 atom stereocenters. The van der Waals surface area contributed by atoms with Gasteiger partial charge in [0.2, 0.25) is 0 Å². The molecule has 1 aromatic rings. The first-order valence-electron chi connectivity index (χ1n) is 4.39. The molecule has 1 rings (SSSR count). The molecule has 4 heteroatoms. The van der Waals surface area contributed by atoms with Gasteiger partial charge in [-0.25, -0.2) is 0 Å². The number of hydrogen-bond acceptors (Lipinski definition) is 3. The molecule has 0 bridgehead atoms. The molecule has 0 heterocycles. The minimum Gasteiger partial charge on any atom is -0.426 e. The van der Waals surface area contributed by atoms with Crippen LogP contribution < -0.4 is 10.5 Å². The largest absolute Gasteiger partial charge is 0.426 e. The Morgan fingerprint density at radius 1 is 1.57 bits per heavy atom. The van der Waals surface area contributed by atoms with Gasteiger partial charge in [0.05, 0.1) is 0 Å². The first-order chi connectivity index (χ1) is 6.63. The number of anilines is 1. The van der Waals surface area contributed by atoms with Crippen molar-refractivity contribution in [3.05, 3.63) is 22.7 Å². The fourth-order valence-corrected chi connectivity index (χ4v) is 1.22. The molecule has 0 fully saturated rings. The van der Waals surface area contributed by atoms with Crippen LogP contribution in [0.2, 0.25) is 0 Å². The van der Waals surface area contributed by atoms with Gasteiger partial charge in [0.15, 0.2) is 0 Å². The van der Waals surface area contributed by atoms with E-state index in [0.717, 1.165) is 10.9 Å². The first-order valence-corrected chi connectivity index (χ1v) is 5.18. The summed E-state index contributed by atoms with van der Waals surface area (Å²) in [5, 5.41) is 0. The van der Waals surface area contributed by atoms with Gasteiger partial charge in [-0.2, -0.15) is 0 Å². The second kappa shape index (κ2) is 5.00. The molecule has 0 amide bonds. The Kier molecular flexibility index (Phi) is 3.95. The highest BCUT2D eigenvalue weighted by atomic mass is 79.9. The van der Waals surface area contributed by atoms with Gasteiger partial charge in [0, 0.05) is 22.6 Å². The lowest BCUT2D eigenvalue weighted by molar-refractivity contribution is -0.134. The van der Waals surface area contributed by atoms with Gasteiger partial charge in [-0.05, 0) is 34.5 Å². The second-order valence-corrected chi connectivity index (χ2v) is 3.76. The predicted octanol–water partition coefficient (Wildman–Crippen LogP) is 2.74. The fourth-order valence-electron chi connectivity index (χ4n) is 0.972. The number of hydrogen-bond donors (Lipinski definition) is 1. The molecule has 0 spiro atoms. The Morgan fingerprint density at radius 3 is 2.86 bits per heavy atom. The van der Waals surface area contributed by atoms with Gasteiger partial charge in [-0.1, -0.05) is 6.92 Å². The maximum absolute atomic E-state index is 11.1. The molecule has 76 valence electrons. The van der Waals surface area contributed by atoms with Gasteiger partial charge in [0.1, 0.15) is 5.75 Å². The number of nitrogen functional groups attached to an aromatic ring is 1. The van der Waals surface area contributed by atoms with E-state index in [1.165, 1.54) is 0 Å². The molecular weight excluding hydrogens is 246 g/mol. The van der Waals surface area contributed by atoms with Gasteiger partial charge in [-0.15, -0.1) is 0 Å². The topological polar surface area (TPSA) is 52.3 Å². The number of benzene rings is 1. The van der Waals surface area contributed by atoms with Crippen molar-refractivity contribution in [3.8, 4) is 5.75 Å². The lowest BCUT2D eigenvalue weighted by atomic mass is 10.3. The van der Waals surface area contributed by atoms with Crippen LogP contribution >= 0.6 is 15.9 Å². The van der Waals surface area contributed by atoms with E-state index in [4.69, 9.17) is 10.5 Å². The Hall–Kier alpha value is -1.03. The van der Waals surface area contributed by atoms with Crippen LogP contribution in [0.1, 0.15) is 19.8 Å². The van der Waals surface area contributed by atoms with Gasteiger partial charge in [-0.3, -0.25) is 4.79 Å². The summed E-state index contributed by atoms with van der Waals surface area (Å²) < 4.78 is 5.85. The molecular formula is C10H12BrNO2. The molecule has 0 unspecified atom stereocenters. The third-order valence-corrected chi connectivity index (χ3v) is 2.38. The summed E-state index contributed by atoms with van der Waals surface area (Å²) >= 11 is 3.26. The number of carbonyl (C=O) groups is 1. The fraction of sp³-hybridized carbons (Fsp3) is 0.300. The number of esters is 1. The van der Waals surface area contributed by atoms with Crippen LogP contribution in [0.5, 0.6) is 5.75 Å². The van der Waals surface area contributed by atoms with Crippen LogP contribution in [0.3, 0.4) is 0 Å². The van der Waals surface area contributed by atoms with Crippen molar-refractivity contribution in [2.45, 2.75) is 19.8 Å². The highest BCUT2D eigenvalue weighted by Crippen LogP contribution is 2.24. The van der Waals surface area contributed by atoms with Gasteiger partial charge < -0.3 is 10.5 Å². The van der Waals surface area contributed by atoms with Crippen molar-refractivity contribution in [2.24, 2.45) is 0 Å². The molecule has 0 aliphatic carbocycles. The van der Waals surface area contributed by atoms with E-state index in [-0.39, 0.29) is 5.97 Å². The van der Waals surface area contributed by atoms with E-state index < -0.39 is 0 Å². The summed E-state index contributed by atoms with van der Waals surface area (Å²) in [7, 11) is 0. The maximum Gasteiger partial charge on any atom is 0.311 e. The van der Waals surface area contributed by atoms with Crippen LogP contribution in [-0.2, 0) is 4.79 Å². The molecule has 3 nitrogen and oxygen atoms in total. The molecule has 0 saturated heterocycles. The van der Waals surface area contributed by atoms with Crippen molar-refractivity contribution in [1.82, 2.24) is 0 Å². The molecule has 0 radical (unpaired) electrons. The normalized spacial score (nSPS) is 9.86. The van der Waals surface area contributed by atoms with Crippen LogP contribution in [0.25, 0.3) is 0 Å². The molecule has 1 aromatic carbocycles. The first kappa shape index (κ1) is 11.0. The third kappa shape index (κ3) is 3.03. The molecule has 0 aromatic heterocycles. The van der Waals surface area contributed by atoms with Gasteiger partial charge >= 0.3 is 5.97 Å². The second-order valence-electron chi connectivity index (χ2n) is 2.91. The lowest BCUT2D eigenvalue weighted by Crippen LogP contribution is -2.07. The molecule has 0 saturated carbocycles. The SMILES string of the molecule is CCCC(=O)Oc1ccc(Br)c(N)c1. The minimum atomic E-state index is -0.228. The summed E-state index contributed by atoms with van der Waals surface area (Å²) in [5.41, 5.74) is 6.19. The summed E-state index contributed by atoms with van der Waals surface area (Å²) in [6.07, 6.45) is 1.21.